The summed E-state index contributed by atoms with van der Waals surface area (Å²) in [5.74, 6) is 2.22. The van der Waals surface area contributed by atoms with E-state index in [0.717, 1.165) is 62.7 Å². The number of ether oxygens (including phenoxy) is 8. The summed E-state index contributed by atoms with van der Waals surface area (Å²) in [7, 11) is 4.51. The largest absolute Gasteiger partial charge is 0.497 e. The lowest BCUT2D eigenvalue weighted by Crippen LogP contribution is -2.12. The molecule has 0 amide bonds. The van der Waals surface area contributed by atoms with Gasteiger partial charge in [0.2, 0.25) is 0 Å². The van der Waals surface area contributed by atoms with Gasteiger partial charge in [0.25, 0.3) is 0 Å². The zero-order valence-corrected chi connectivity index (χ0v) is 64.6. The molecule has 20 heteroatoms. The molecular formula is C96H158O20. The quantitative estimate of drug-likeness (QED) is 0.0240. The van der Waals surface area contributed by atoms with E-state index in [4.69, 9.17) is 37.9 Å². The maximum Gasteiger partial charge on any atom is 0.311 e. The van der Waals surface area contributed by atoms with Crippen LogP contribution in [0.5, 0.6) is 46.0 Å². The summed E-state index contributed by atoms with van der Waals surface area (Å²) in [6, 6.07) is 35.3. The first kappa shape index (κ1) is 132. The Bertz CT molecular complexity index is 3680. The lowest BCUT2D eigenvalue weighted by molar-refractivity contribution is -0.135. The van der Waals surface area contributed by atoms with Gasteiger partial charge in [0, 0.05) is 108 Å². The molecule has 0 aliphatic carbocycles. The maximum atomic E-state index is 12.2. The second kappa shape index (κ2) is 71.6. The minimum atomic E-state index is -0.515. The summed E-state index contributed by atoms with van der Waals surface area (Å²) in [4.78, 5) is 127. The van der Waals surface area contributed by atoms with Crippen molar-refractivity contribution in [3.8, 4) is 46.0 Å². The number of hydrogen-bond acceptors (Lipinski definition) is 20. The van der Waals surface area contributed by atoms with E-state index in [-0.39, 0.29) is 195 Å². The standard InChI is InChI=1S/C16H22O3.C15H20O5.C14H18O4.C14H18O3.C13H16O3.C12H16O2.12CH4/c1-4-6-7-15(17)19-14-10-8-13(9-11-14)16(18)12(3)5-2;1-5-9(2)14(18)11-6-12(8-16)15(20-10(3)17)13(7-11)19-4;1-5-9(2)14(16)11-6-7-12(18-10(3)15)13(8-11)17-4;1-4-10(3)14(16)11-6-8-12(9-7-11)17-13(15)5-2;1-4-9(2)13(15)11-5-7-12(8-6-11)16-10(3)14;1-4-9(2)12(13)10-5-7-11(14-3)8-6-10;;;;;;;;;;;;/h8-12H,4-7H2,1-3H3;6-7,9,16H,5,8H2,1-4H3;6-9H,5H2,1-4H3;6-10H,4-5H2,1-3H3;5-9H,4H2,1-3H3;5-9H,4H2,1-3H3;12*1H4. The molecule has 20 nitrogen and oxygen atoms in total. The third-order valence-electron chi connectivity index (χ3n) is 16.7. The van der Waals surface area contributed by atoms with Gasteiger partial charge in [0.15, 0.2) is 57.7 Å². The fraction of sp³-hybridized carbons (Fsp3) is 0.510. The first-order valence-corrected chi connectivity index (χ1v) is 35.5. The summed E-state index contributed by atoms with van der Waals surface area (Å²) in [5.41, 5.74) is 4.11. The van der Waals surface area contributed by atoms with Crippen molar-refractivity contribution >= 4 is 64.5 Å². The van der Waals surface area contributed by atoms with Gasteiger partial charge in [-0.25, -0.2) is 0 Å². The number of aliphatic hydroxyl groups is 1. The fourth-order valence-electron chi connectivity index (χ4n) is 8.90. The number of hydrogen-bond donors (Lipinski definition) is 1. The van der Waals surface area contributed by atoms with Crippen molar-refractivity contribution in [3.63, 3.8) is 0 Å². The topological polar surface area (TPSA) is 282 Å². The van der Waals surface area contributed by atoms with Gasteiger partial charge >= 0.3 is 29.8 Å². The Labute approximate surface area is 703 Å². The normalized spacial score (nSPS) is 10.7. The van der Waals surface area contributed by atoms with Gasteiger partial charge in [-0.3, -0.25) is 52.7 Å². The fourth-order valence-corrected chi connectivity index (χ4v) is 8.90. The molecule has 0 aliphatic rings. The second-order valence-electron chi connectivity index (χ2n) is 24.7. The van der Waals surface area contributed by atoms with Crippen LogP contribution in [0.25, 0.3) is 0 Å². The lowest BCUT2D eigenvalue weighted by Gasteiger charge is -2.15. The lowest BCUT2D eigenvalue weighted by atomic mass is 9.95. The highest BCUT2D eigenvalue weighted by Gasteiger charge is 2.23. The van der Waals surface area contributed by atoms with Crippen molar-refractivity contribution in [3.05, 3.63) is 166 Å². The average molecular weight is 1630 g/mol. The van der Waals surface area contributed by atoms with E-state index >= 15 is 0 Å². The molecule has 6 aromatic carbocycles. The van der Waals surface area contributed by atoms with Gasteiger partial charge in [-0.1, -0.05) is 192 Å². The molecule has 1 N–H and O–H groups in total. The SMILES string of the molecule is C.C.C.C.C.C.C.C.C.C.C.C.CCC(=O)Oc1ccc(C(=O)C(C)CC)cc1.CCC(C)C(=O)c1cc(CO)c(OC(C)=O)c(OC)c1.CCC(C)C(=O)c1ccc(OC(C)=O)c(OC)c1.CCC(C)C(=O)c1ccc(OC(C)=O)cc1.CCC(C)C(=O)c1ccc(OC)cc1.CCCCC(=O)Oc1ccc(C(=O)C(C)CC)cc1. The smallest absolute Gasteiger partial charge is 0.311 e. The van der Waals surface area contributed by atoms with Gasteiger partial charge in [0.1, 0.15) is 23.0 Å². The Balaban J connectivity index is -0.000000110. The highest BCUT2D eigenvalue weighted by atomic mass is 16.6. The second-order valence-corrected chi connectivity index (χ2v) is 24.7. The third kappa shape index (κ3) is 47.2. The number of ketones is 6. The highest BCUT2D eigenvalue weighted by molar-refractivity contribution is 6.01. The third-order valence-corrected chi connectivity index (χ3v) is 16.7. The predicted molar refractivity (Wildman–Crippen MR) is 483 cm³/mol. The van der Waals surface area contributed by atoms with Crippen molar-refractivity contribution in [2.24, 2.45) is 35.5 Å². The van der Waals surface area contributed by atoms with E-state index in [1.54, 1.807) is 105 Å². The molecule has 0 radical (unpaired) electrons. The molecule has 0 heterocycles. The van der Waals surface area contributed by atoms with Crippen LogP contribution in [0, 0.1) is 35.5 Å². The molecule has 6 unspecified atom stereocenters. The van der Waals surface area contributed by atoms with Crippen LogP contribution in [-0.2, 0) is 30.6 Å². The molecule has 0 aromatic heterocycles. The van der Waals surface area contributed by atoms with Gasteiger partial charge in [0.05, 0.1) is 27.9 Å². The molecule has 0 fully saturated rings. The van der Waals surface area contributed by atoms with Gasteiger partial charge in [-0.15, -0.1) is 0 Å². The average Bonchev–Trinajstić information content (AvgIpc) is 0.812. The van der Waals surface area contributed by atoms with Crippen LogP contribution in [0.15, 0.2) is 127 Å². The number of methoxy groups -OCH3 is 3. The number of Topliss-reactive ketones (excluding diaryl/α,β-unsaturated/α-hetero) is 6. The summed E-state index contributed by atoms with van der Waals surface area (Å²) >= 11 is 0. The van der Waals surface area contributed by atoms with Gasteiger partial charge < -0.3 is 43.0 Å². The molecule has 0 aliphatic heterocycles. The Hall–Kier alpha value is -9.95. The van der Waals surface area contributed by atoms with Crippen LogP contribution in [-0.4, -0.2) is 91.0 Å². The molecule has 0 bridgehead atoms. The number of rotatable bonds is 31. The summed E-state index contributed by atoms with van der Waals surface area (Å²) < 4.78 is 40.4. The zero-order valence-electron chi connectivity index (χ0n) is 64.6. The van der Waals surface area contributed by atoms with Crippen LogP contribution in [0.3, 0.4) is 0 Å². The van der Waals surface area contributed by atoms with Gasteiger partial charge in [-0.05, 0) is 172 Å². The number of unbranched alkanes of at least 4 members (excludes halogenated alkanes) is 1. The Morgan fingerprint density at radius 1 is 0.302 bits per heavy atom. The Kier molecular flexibility index (Phi) is 81.6. The molecule has 0 saturated carbocycles. The van der Waals surface area contributed by atoms with Crippen molar-refractivity contribution in [2.45, 2.75) is 278 Å². The Morgan fingerprint density at radius 2 is 0.578 bits per heavy atom. The van der Waals surface area contributed by atoms with E-state index in [9.17, 15) is 57.8 Å². The van der Waals surface area contributed by atoms with E-state index in [0.29, 0.717) is 75.0 Å². The summed E-state index contributed by atoms with van der Waals surface area (Å²) in [6.45, 7) is 30.6. The monoisotopic (exact) mass is 1630 g/mol. The minimum absolute atomic E-state index is 0. The van der Waals surface area contributed by atoms with Crippen molar-refractivity contribution < 1.29 is 95.7 Å². The number of carbonyl (C=O) groups is 11. The molecule has 662 valence electrons. The van der Waals surface area contributed by atoms with E-state index < -0.39 is 11.9 Å². The number of esters is 5. The van der Waals surface area contributed by atoms with Crippen molar-refractivity contribution in [1.29, 1.82) is 0 Å². The zero-order chi connectivity index (χ0) is 78.8. The molecule has 6 rings (SSSR count). The van der Waals surface area contributed by atoms with Crippen LogP contribution in [0.4, 0.5) is 0 Å². The first-order valence-electron chi connectivity index (χ1n) is 35.5. The van der Waals surface area contributed by atoms with Crippen LogP contribution >= 0.6 is 0 Å². The number of aliphatic hydroxyl groups excluding tert-OH is 1. The molecule has 116 heavy (non-hydrogen) atoms. The van der Waals surface area contributed by atoms with Crippen LogP contribution in [0.2, 0.25) is 0 Å². The van der Waals surface area contributed by atoms with E-state index in [2.05, 4.69) is 0 Å². The van der Waals surface area contributed by atoms with Crippen molar-refractivity contribution in [2.75, 3.05) is 21.3 Å². The maximum absolute atomic E-state index is 12.2. The highest BCUT2D eigenvalue weighted by Crippen LogP contribution is 2.35. The summed E-state index contributed by atoms with van der Waals surface area (Å²) in [5, 5.41) is 9.40. The Morgan fingerprint density at radius 3 is 0.853 bits per heavy atom. The molecule has 6 atom stereocenters. The molecule has 0 saturated heterocycles. The minimum Gasteiger partial charge on any atom is -0.497 e. The summed E-state index contributed by atoms with van der Waals surface area (Å²) in [6.07, 6.45) is 7.44. The number of benzene rings is 6. The first-order chi connectivity index (χ1) is 49.3. The number of carbonyl (C=O) groups excluding carboxylic acids is 11. The van der Waals surface area contributed by atoms with Crippen LogP contribution < -0.4 is 37.9 Å². The molecular weight excluding hydrogens is 1470 g/mol. The predicted octanol–water partition coefficient (Wildman–Crippen LogP) is 25.8. The molecule has 0 spiro atoms. The van der Waals surface area contributed by atoms with E-state index in [1.807, 2.05) is 114 Å². The molecule has 6 aromatic rings. The van der Waals surface area contributed by atoms with Crippen molar-refractivity contribution in [1.82, 2.24) is 0 Å². The van der Waals surface area contributed by atoms with E-state index in [1.165, 1.54) is 47.1 Å². The van der Waals surface area contributed by atoms with Gasteiger partial charge in [-0.2, -0.15) is 0 Å². The van der Waals surface area contributed by atoms with Crippen LogP contribution in [0.1, 0.15) is 339 Å².